The minimum atomic E-state index is -0.128. The van der Waals surface area contributed by atoms with Crippen LogP contribution in [0.1, 0.15) is 63.0 Å². The third-order valence-corrected chi connectivity index (χ3v) is 8.54. The molecule has 5 rings (SSSR count). The number of hydrogen-bond donors (Lipinski definition) is 0. The molecule has 5 heteroatoms. The number of aliphatic imine (C=N–C) groups is 1. The Hall–Kier alpha value is -1.49. The lowest BCUT2D eigenvalue weighted by Gasteiger charge is -2.50. The highest BCUT2D eigenvalue weighted by atomic mass is 32.2. The van der Waals surface area contributed by atoms with Crippen molar-refractivity contribution in [2.75, 3.05) is 12.9 Å². The van der Waals surface area contributed by atoms with Crippen LogP contribution in [-0.4, -0.2) is 30.0 Å². The summed E-state index contributed by atoms with van der Waals surface area (Å²) in [6.45, 7) is 4.52. The van der Waals surface area contributed by atoms with Crippen molar-refractivity contribution in [2.24, 2.45) is 22.2 Å². The lowest BCUT2D eigenvalue weighted by atomic mass is 9.55. The molecule has 4 aliphatic rings. The molecule has 2 saturated carbocycles. The summed E-state index contributed by atoms with van der Waals surface area (Å²) in [6, 6.07) is 4.57. The standard InChI is InChI=1S/C23H29NO3S/c1-13(25)27-21-7-6-18-16-5-4-14-10-20-19(24-22(28-3)12-26-20)11-17(14)15(16)8-9-23(18,21)2/h10-11,15-16,18,21H,4-9,12H2,1-3H3/t15-,16+,18-,21-,23-/m0/s1. The van der Waals surface area contributed by atoms with Gasteiger partial charge in [-0.05, 0) is 85.8 Å². The fourth-order valence-corrected chi connectivity index (χ4v) is 6.91. The first kappa shape index (κ1) is 18.5. The molecule has 1 aromatic rings. The fraction of sp³-hybridized carbons (Fsp3) is 0.652. The van der Waals surface area contributed by atoms with Gasteiger partial charge in [0.15, 0.2) is 0 Å². The quantitative estimate of drug-likeness (QED) is 0.605. The first-order valence-electron chi connectivity index (χ1n) is 10.6. The molecule has 0 N–H and O–H groups in total. The first-order valence-corrected chi connectivity index (χ1v) is 11.8. The van der Waals surface area contributed by atoms with Crippen LogP contribution >= 0.6 is 11.8 Å². The van der Waals surface area contributed by atoms with Crippen LogP contribution in [0.5, 0.6) is 5.75 Å². The summed E-state index contributed by atoms with van der Waals surface area (Å²) < 4.78 is 11.7. The van der Waals surface area contributed by atoms with Gasteiger partial charge >= 0.3 is 5.97 Å². The number of esters is 1. The molecule has 0 aromatic heterocycles. The van der Waals surface area contributed by atoms with E-state index in [0.717, 1.165) is 35.7 Å². The van der Waals surface area contributed by atoms with E-state index in [1.54, 1.807) is 18.7 Å². The molecule has 150 valence electrons. The van der Waals surface area contributed by atoms with Crippen LogP contribution in [-0.2, 0) is 16.0 Å². The smallest absolute Gasteiger partial charge is 0.302 e. The molecule has 0 saturated heterocycles. The number of carbonyl (C=O) groups excluding carboxylic acids is 1. The molecule has 1 aromatic carbocycles. The van der Waals surface area contributed by atoms with Gasteiger partial charge in [-0.25, -0.2) is 4.99 Å². The lowest BCUT2D eigenvalue weighted by Crippen LogP contribution is -2.45. The van der Waals surface area contributed by atoms with Gasteiger partial charge in [0.2, 0.25) is 0 Å². The Morgan fingerprint density at radius 3 is 2.93 bits per heavy atom. The largest absolute Gasteiger partial charge is 0.484 e. The number of aryl methyl sites for hydroxylation is 1. The van der Waals surface area contributed by atoms with Crippen LogP contribution in [0.25, 0.3) is 0 Å². The van der Waals surface area contributed by atoms with Gasteiger partial charge in [0.05, 0.1) is 0 Å². The Morgan fingerprint density at radius 2 is 2.14 bits per heavy atom. The van der Waals surface area contributed by atoms with Crippen molar-refractivity contribution < 1.29 is 14.3 Å². The fourth-order valence-electron chi connectivity index (χ4n) is 6.55. The van der Waals surface area contributed by atoms with Gasteiger partial charge in [-0.2, -0.15) is 0 Å². The van der Waals surface area contributed by atoms with E-state index >= 15 is 0 Å². The van der Waals surface area contributed by atoms with Crippen molar-refractivity contribution >= 4 is 28.5 Å². The van der Waals surface area contributed by atoms with Crippen LogP contribution in [0.15, 0.2) is 17.1 Å². The molecule has 1 aliphatic heterocycles. The zero-order valence-electron chi connectivity index (χ0n) is 17.0. The average Bonchev–Trinajstić information content (AvgIpc) is 3.01. The van der Waals surface area contributed by atoms with E-state index in [4.69, 9.17) is 14.5 Å². The van der Waals surface area contributed by atoms with Crippen molar-refractivity contribution in [3.8, 4) is 5.75 Å². The average molecular weight is 400 g/mol. The second kappa shape index (κ2) is 6.79. The summed E-state index contributed by atoms with van der Waals surface area (Å²) >= 11 is 1.67. The normalized spacial score (nSPS) is 35.6. The number of thioether (sulfide) groups is 1. The Labute approximate surface area is 171 Å². The molecule has 5 atom stereocenters. The highest BCUT2D eigenvalue weighted by Gasteiger charge is 2.56. The highest BCUT2D eigenvalue weighted by molar-refractivity contribution is 8.13. The second-order valence-corrected chi connectivity index (χ2v) is 10.0. The number of fused-ring (bicyclic) bond motifs is 6. The SMILES string of the molecule is CSC1=Nc2cc3c(cc2OC1)CC[C@@H]1[C@@H]3CC[C@]2(C)[C@@H](OC(C)=O)CC[C@@H]12. The van der Waals surface area contributed by atoms with Crippen LogP contribution < -0.4 is 4.74 Å². The summed E-state index contributed by atoms with van der Waals surface area (Å²) in [7, 11) is 0. The van der Waals surface area contributed by atoms with E-state index in [1.165, 1.54) is 30.4 Å². The van der Waals surface area contributed by atoms with Crippen molar-refractivity contribution in [1.29, 1.82) is 0 Å². The van der Waals surface area contributed by atoms with Gasteiger partial charge < -0.3 is 9.47 Å². The van der Waals surface area contributed by atoms with E-state index < -0.39 is 0 Å². The van der Waals surface area contributed by atoms with Crippen LogP contribution in [0.3, 0.4) is 0 Å². The highest BCUT2D eigenvalue weighted by Crippen LogP contribution is 2.62. The van der Waals surface area contributed by atoms with Crippen LogP contribution in [0.4, 0.5) is 5.69 Å². The maximum absolute atomic E-state index is 11.6. The molecule has 0 spiro atoms. The predicted octanol–water partition coefficient (Wildman–Crippen LogP) is 5.26. The Morgan fingerprint density at radius 1 is 1.29 bits per heavy atom. The Balaban J connectivity index is 1.47. The van der Waals surface area contributed by atoms with E-state index in [0.29, 0.717) is 24.4 Å². The molecule has 0 unspecified atom stereocenters. The topological polar surface area (TPSA) is 47.9 Å². The van der Waals surface area contributed by atoms with Crippen molar-refractivity contribution in [2.45, 2.75) is 64.4 Å². The van der Waals surface area contributed by atoms with Gasteiger partial charge in [0.1, 0.15) is 29.2 Å². The Kier molecular flexibility index (Phi) is 4.49. The Bertz CT molecular complexity index is 850. The minimum Gasteiger partial charge on any atom is -0.484 e. The zero-order chi connectivity index (χ0) is 19.5. The molecular weight excluding hydrogens is 370 g/mol. The van der Waals surface area contributed by atoms with Crippen LogP contribution in [0, 0.1) is 17.3 Å². The maximum atomic E-state index is 11.6. The molecule has 1 heterocycles. The van der Waals surface area contributed by atoms with Crippen molar-refractivity contribution in [1.82, 2.24) is 0 Å². The van der Waals surface area contributed by atoms with E-state index in [-0.39, 0.29) is 17.5 Å². The number of rotatable bonds is 1. The number of carbonyl (C=O) groups is 1. The molecule has 2 fully saturated rings. The number of benzene rings is 1. The van der Waals surface area contributed by atoms with Crippen molar-refractivity contribution in [3.05, 3.63) is 23.3 Å². The monoisotopic (exact) mass is 399 g/mol. The van der Waals surface area contributed by atoms with Gasteiger partial charge in [0.25, 0.3) is 0 Å². The maximum Gasteiger partial charge on any atom is 0.302 e. The lowest BCUT2D eigenvalue weighted by molar-refractivity contribution is -0.154. The number of nitrogens with zero attached hydrogens (tertiary/aromatic N) is 1. The van der Waals surface area contributed by atoms with Gasteiger partial charge in [-0.3, -0.25) is 4.79 Å². The van der Waals surface area contributed by atoms with E-state index in [9.17, 15) is 4.79 Å². The molecule has 0 radical (unpaired) electrons. The summed E-state index contributed by atoms with van der Waals surface area (Å²) in [4.78, 5) is 16.4. The first-order chi connectivity index (χ1) is 13.5. The molecule has 0 bridgehead atoms. The van der Waals surface area contributed by atoms with Crippen LogP contribution in [0.2, 0.25) is 0 Å². The van der Waals surface area contributed by atoms with Gasteiger partial charge in [0, 0.05) is 12.3 Å². The third-order valence-electron chi connectivity index (χ3n) is 7.86. The molecule has 4 nitrogen and oxygen atoms in total. The van der Waals surface area contributed by atoms with Gasteiger partial charge in [-0.1, -0.05) is 6.92 Å². The number of ether oxygens (including phenoxy) is 2. The summed E-state index contributed by atoms with van der Waals surface area (Å²) in [5, 5.41) is 1.05. The third kappa shape index (κ3) is 2.80. The molecular formula is C23H29NO3S. The van der Waals surface area contributed by atoms with Gasteiger partial charge in [-0.15, -0.1) is 11.8 Å². The molecule has 28 heavy (non-hydrogen) atoms. The minimum absolute atomic E-state index is 0.100. The molecule has 3 aliphatic carbocycles. The summed E-state index contributed by atoms with van der Waals surface area (Å²) in [5.74, 6) is 2.78. The molecule has 0 amide bonds. The predicted molar refractivity (Wildman–Crippen MR) is 113 cm³/mol. The van der Waals surface area contributed by atoms with E-state index in [2.05, 4.69) is 25.3 Å². The summed E-state index contributed by atoms with van der Waals surface area (Å²) in [6.07, 6.45) is 9.06. The van der Waals surface area contributed by atoms with E-state index in [1.807, 2.05) is 0 Å². The summed E-state index contributed by atoms with van der Waals surface area (Å²) in [5.41, 5.74) is 4.11. The van der Waals surface area contributed by atoms with Crippen molar-refractivity contribution in [3.63, 3.8) is 0 Å². The zero-order valence-corrected chi connectivity index (χ0v) is 17.8. The second-order valence-electron chi connectivity index (χ2n) is 9.15. The number of hydrogen-bond acceptors (Lipinski definition) is 5.